The molecule has 1 aromatic heterocycles. The van der Waals surface area contributed by atoms with Gasteiger partial charge in [-0.25, -0.2) is 9.07 Å². The number of carbonyl (C=O) groups is 1. The number of halogens is 1. The first-order valence-corrected chi connectivity index (χ1v) is 9.42. The molecule has 3 N–H and O–H groups in total. The Morgan fingerprint density at radius 1 is 1.22 bits per heavy atom. The molecule has 0 radical (unpaired) electrons. The van der Waals surface area contributed by atoms with Gasteiger partial charge in [0, 0.05) is 11.3 Å². The van der Waals surface area contributed by atoms with E-state index in [4.69, 9.17) is 5.84 Å². The molecule has 8 heteroatoms. The van der Waals surface area contributed by atoms with Crippen LogP contribution in [0.5, 0.6) is 0 Å². The number of nitrogens with zero attached hydrogens (tertiary/aromatic N) is 3. The first-order chi connectivity index (χ1) is 13.0. The predicted molar refractivity (Wildman–Crippen MR) is 105 cm³/mol. The van der Waals surface area contributed by atoms with Crippen molar-refractivity contribution in [2.75, 3.05) is 16.9 Å². The maximum Gasteiger partial charge on any atom is 0.234 e. The van der Waals surface area contributed by atoms with Crippen LogP contribution >= 0.6 is 11.8 Å². The molecule has 3 aromatic rings. The minimum atomic E-state index is -0.382. The van der Waals surface area contributed by atoms with Gasteiger partial charge >= 0.3 is 0 Å². The van der Waals surface area contributed by atoms with E-state index < -0.39 is 0 Å². The zero-order valence-electron chi connectivity index (χ0n) is 15.0. The standard InChI is InChI=1S/C19H20FN5OS/c1-12(2)15-8-3-4-9-16(15)22-17(26)11-27-19-24-23-18(25(19)21)13-6-5-7-14(20)10-13/h3-10,12H,11,21H2,1-2H3,(H,22,26). The fourth-order valence-corrected chi connectivity index (χ4v) is 3.29. The van der Waals surface area contributed by atoms with Crippen LogP contribution in [0.3, 0.4) is 0 Å². The zero-order chi connectivity index (χ0) is 19.4. The van der Waals surface area contributed by atoms with Gasteiger partial charge in [-0.1, -0.05) is 55.9 Å². The Bertz CT molecular complexity index is 957. The normalized spacial score (nSPS) is 11.0. The maximum atomic E-state index is 13.4. The summed E-state index contributed by atoms with van der Waals surface area (Å²) in [6, 6.07) is 13.7. The van der Waals surface area contributed by atoms with Crippen molar-refractivity contribution in [2.24, 2.45) is 0 Å². The van der Waals surface area contributed by atoms with Crippen molar-refractivity contribution in [3.05, 3.63) is 59.9 Å². The highest BCUT2D eigenvalue weighted by molar-refractivity contribution is 7.99. The third-order valence-electron chi connectivity index (χ3n) is 3.94. The Morgan fingerprint density at radius 2 is 2.00 bits per heavy atom. The second kappa shape index (κ2) is 8.22. The van der Waals surface area contributed by atoms with Crippen LogP contribution in [-0.4, -0.2) is 26.5 Å². The molecule has 3 rings (SSSR count). The number of hydrogen-bond donors (Lipinski definition) is 2. The van der Waals surface area contributed by atoms with Crippen molar-refractivity contribution in [3.8, 4) is 11.4 Å². The summed E-state index contributed by atoms with van der Waals surface area (Å²) in [6.07, 6.45) is 0. The largest absolute Gasteiger partial charge is 0.335 e. The average molecular weight is 385 g/mol. The highest BCUT2D eigenvalue weighted by atomic mass is 32.2. The van der Waals surface area contributed by atoms with E-state index in [1.54, 1.807) is 12.1 Å². The summed E-state index contributed by atoms with van der Waals surface area (Å²) in [5, 5.41) is 11.3. The first-order valence-electron chi connectivity index (χ1n) is 8.43. The second-order valence-electron chi connectivity index (χ2n) is 6.27. The van der Waals surface area contributed by atoms with E-state index >= 15 is 0 Å². The molecule has 0 aliphatic carbocycles. The molecule has 27 heavy (non-hydrogen) atoms. The van der Waals surface area contributed by atoms with Crippen molar-refractivity contribution in [1.82, 2.24) is 14.9 Å². The van der Waals surface area contributed by atoms with Gasteiger partial charge in [0.05, 0.1) is 5.75 Å². The smallest absolute Gasteiger partial charge is 0.234 e. The number of nitrogens with one attached hydrogen (secondary N) is 1. The molecule has 0 aliphatic rings. The lowest BCUT2D eigenvalue weighted by Gasteiger charge is -2.13. The summed E-state index contributed by atoms with van der Waals surface area (Å²) in [6.45, 7) is 4.15. The molecule has 1 amide bonds. The monoisotopic (exact) mass is 385 g/mol. The number of aromatic nitrogens is 3. The van der Waals surface area contributed by atoms with Crippen LogP contribution in [0.1, 0.15) is 25.3 Å². The predicted octanol–water partition coefficient (Wildman–Crippen LogP) is 3.65. The van der Waals surface area contributed by atoms with Gasteiger partial charge in [0.25, 0.3) is 0 Å². The Kier molecular flexibility index (Phi) is 5.75. The van der Waals surface area contributed by atoms with Crippen LogP contribution in [0.2, 0.25) is 0 Å². The van der Waals surface area contributed by atoms with Crippen LogP contribution in [-0.2, 0) is 4.79 Å². The summed E-state index contributed by atoms with van der Waals surface area (Å²) in [5.74, 6) is 6.23. The summed E-state index contributed by atoms with van der Waals surface area (Å²) in [4.78, 5) is 12.3. The van der Waals surface area contributed by atoms with E-state index in [0.29, 0.717) is 22.5 Å². The molecular formula is C19H20FN5OS. The number of anilines is 1. The number of nitrogens with two attached hydrogens (primary N) is 1. The van der Waals surface area contributed by atoms with E-state index in [1.807, 2.05) is 24.3 Å². The van der Waals surface area contributed by atoms with Gasteiger partial charge < -0.3 is 11.2 Å². The highest BCUT2D eigenvalue weighted by Gasteiger charge is 2.15. The number of thioether (sulfide) groups is 1. The van der Waals surface area contributed by atoms with Gasteiger partial charge in [0.15, 0.2) is 5.82 Å². The molecule has 2 aromatic carbocycles. The third kappa shape index (κ3) is 4.46. The zero-order valence-corrected chi connectivity index (χ0v) is 15.8. The number of hydrogen-bond acceptors (Lipinski definition) is 5. The lowest BCUT2D eigenvalue weighted by Crippen LogP contribution is -2.17. The minimum absolute atomic E-state index is 0.130. The van der Waals surface area contributed by atoms with Gasteiger partial charge in [-0.15, -0.1) is 10.2 Å². The summed E-state index contributed by atoms with van der Waals surface area (Å²) >= 11 is 1.17. The molecule has 0 fully saturated rings. The Labute approximate surface area is 161 Å². The Morgan fingerprint density at radius 3 is 2.74 bits per heavy atom. The van der Waals surface area contributed by atoms with Crippen LogP contribution in [0.25, 0.3) is 11.4 Å². The number of amides is 1. The van der Waals surface area contributed by atoms with E-state index in [1.165, 1.54) is 28.6 Å². The number of benzene rings is 2. The van der Waals surface area contributed by atoms with Crippen LogP contribution in [0, 0.1) is 5.82 Å². The number of rotatable bonds is 6. The number of para-hydroxylation sites is 1. The Hall–Kier alpha value is -2.87. The molecule has 0 atom stereocenters. The molecule has 140 valence electrons. The molecule has 0 unspecified atom stereocenters. The fraction of sp³-hybridized carbons (Fsp3) is 0.211. The lowest BCUT2D eigenvalue weighted by molar-refractivity contribution is -0.113. The molecule has 0 spiro atoms. The molecule has 6 nitrogen and oxygen atoms in total. The van der Waals surface area contributed by atoms with Crippen LogP contribution in [0.4, 0.5) is 10.1 Å². The SMILES string of the molecule is CC(C)c1ccccc1NC(=O)CSc1nnc(-c2cccc(F)c2)n1N. The molecule has 0 saturated carbocycles. The van der Waals surface area contributed by atoms with Crippen molar-refractivity contribution < 1.29 is 9.18 Å². The Balaban J connectivity index is 1.67. The quantitative estimate of drug-likeness (QED) is 0.500. The fourth-order valence-electron chi connectivity index (χ4n) is 2.63. The molecule has 0 saturated heterocycles. The van der Waals surface area contributed by atoms with Gasteiger partial charge in [0.1, 0.15) is 5.82 Å². The van der Waals surface area contributed by atoms with Crippen molar-refractivity contribution in [1.29, 1.82) is 0 Å². The molecule has 1 heterocycles. The van der Waals surface area contributed by atoms with Crippen molar-refractivity contribution in [2.45, 2.75) is 24.9 Å². The first kappa shape index (κ1) is 18.9. The topological polar surface area (TPSA) is 85.8 Å². The third-order valence-corrected chi connectivity index (χ3v) is 4.88. The summed E-state index contributed by atoms with van der Waals surface area (Å²) in [7, 11) is 0. The number of nitrogen functional groups attached to an aromatic ring is 1. The highest BCUT2D eigenvalue weighted by Crippen LogP contribution is 2.25. The van der Waals surface area contributed by atoms with Gasteiger partial charge in [-0.05, 0) is 29.7 Å². The second-order valence-corrected chi connectivity index (χ2v) is 7.21. The van der Waals surface area contributed by atoms with E-state index in [-0.39, 0.29) is 17.5 Å². The number of carbonyl (C=O) groups excluding carboxylic acids is 1. The van der Waals surface area contributed by atoms with E-state index in [9.17, 15) is 9.18 Å². The summed E-state index contributed by atoms with van der Waals surface area (Å²) in [5.41, 5.74) is 2.39. The molecule has 0 aliphatic heterocycles. The maximum absolute atomic E-state index is 13.4. The summed E-state index contributed by atoms with van der Waals surface area (Å²) < 4.78 is 14.6. The van der Waals surface area contributed by atoms with Gasteiger partial charge in [-0.2, -0.15) is 0 Å². The molecular weight excluding hydrogens is 365 g/mol. The van der Waals surface area contributed by atoms with Crippen molar-refractivity contribution >= 4 is 23.4 Å². The van der Waals surface area contributed by atoms with Crippen LogP contribution < -0.4 is 11.2 Å². The van der Waals surface area contributed by atoms with E-state index in [0.717, 1.165) is 11.3 Å². The van der Waals surface area contributed by atoms with Gasteiger partial charge in [0.2, 0.25) is 11.1 Å². The average Bonchev–Trinajstić information content (AvgIpc) is 3.01. The molecule has 0 bridgehead atoms. The van der Waals surface area contributed by atoms with Crippen molar-refractivity contribution in [3.63, 3.8) is 0 Å². The minimum Gasteiger partial charge on any atom is -0.335 e. The lowest BCUT2D eigenvalue weighted by atomic mass is 10.0. The van der Waals surface area contributed by atoms with E-state index in [2.05, 4.69) is 29.4 Å². The van der Waals surface area contributed by atoms with Crippen LogP contribution in [0.15, 0.2) is 53.7 Å². The van der Waals surface area contributed by atoms with Gasteiger partial charge in [-0.3, -0.25) is 4.79 Å².